The van der Waals surface area contributed by atoms with Gasteiger partial charge in [-0.1, -0.05) is 37.3 Å². The first kappa shape index (κ1) is 16.1. The maximum absolute atomic E-state index is 11.5. The minimum atomic E-state index is -3.12. The molecule has 0 aliphatic heterocycles. The molecule has 0 atom stereocenters. The Morgan fingerprint density at radius 3 is 2.71 bits per heavy atom. The molecule has 0 saturated heterocycles. The molecule has 21 heavy (non-hydrogen) atoms. The zero-order chi connectivity index (χ0) is 15.1. The van der Waals surface area contributed by atoms with Crippen LogP contribution in [-0.4, -0.2) is 25.7 Å². The van der Waals surface area contributed by atoms with Gasteiger partial charge in [0.25, 0.3) is 0 Å². The molecule has 0 fully saturated rings. The van der Waals surface area contributed by atoms with Crippen molar-refractivity contribution in [3.8, 4) is 0 Å². The smallest absolute Gasteiger partial charge is 0.211 e. The fourth-order valence-corrected chi connectivity index (χ4v) is 4.05. The van der Waals surface area contributed by atoms with Crippen molar-refractivity contribution in [3.05, 3.63) is 52.0 Å². The summed E-state index contributed by atoms with van der Waals surface area (Å²) in [5, 5.41) is 0.972. The van der Waals surface area contributed by atoms with Crippen LogP contribution in [0.3, 0.4) is 0 Å². The van der Waals surface area contributed by atoms with Crippen LogP contribution in [0.4, 0.5) is 0 Å². The van der Waals surface area contributed by atoms with Crippen molar-refractivity contribution in [1.82, 2.24) is 9.71 Å². The van der Waals surface area contributed by atoms with Gasteiger partial charge >= 0.3 is 0 Å². The number of thiazole rings is 1. The molecule has 1 heterocycles. The van der Waals surface area contributed by atoms with Crippen LogP contribution in [0.25, 0.3) is 0 Å². The van der Waals surface area contributed by atoms with Gasteiger partial charge in [-0.2, -0.15) is 0 Å². The number of hydrogen-bond acceptors (Lipinski definition) is 4. The van der Waals surface area contributed by atoms with E-state index in [9.17, 15) is 8.42 Å². The van der Waals surface area contributed by atoms with Crippen molar-refractivity contribution in [2.24, 2.45) is 0 Å². The monoisotopic (exact) mass is 324 g/mol. The predicted octanol–water partition coefficient (Wildman–Crippen LogP) is 2.61. The zero-order valence-electron chi connectivity index (χ0n) is 12.1. The summed E-state index contributed by atoms with van der Waals surface area (Å²) in [6, 6.07) is 10.3. The van der Waals surface area contributed by atoms with Gasteiger partial charge in [-0.3, -0.25) is 0 Å². The zero-order valence-corrected chi connectivity index (χ0v) is 13.7. The number of hydrogen-bond donors (Lipinski definition) is 1. The Hall–Kier alpha value is -1.24. The molecule has 4 nitrogen and oxygen atoms in total. The van der Waals surface area contributed by atoms with E-state index < -0.39 is 10.0 Å². The summed E-state index contributed by atoms with van der Waals surface area (Å²) < 4.78 is 25.7. The molecule has 0 unspecified atom stereocenters. The fourth-order valence-electron chi connectivity index (χ4n) is 2.00. The molecule has 1 N–H and O–H groups in total. The largest absolute Gasteiger partial charge is 0.249 e. The molecule has 114 valence electrons. The lowest BCUT2D eigenvalue weighted by atomic mass is 10.1. The summed E-state index contributed by atoms with van der Waals surface area (Å²) in [7, 11) is -3.12. The molecule has 0 saturated carbocycles. The van der Waals surface area contributed by atoms with Crippen molar-refractivity contribution >= 4 is 21.4 Å². The molecule has 2 aromatic rings. The predicted molar refractivity (Wildman–Crippen MR) is 87.1 cm³/mol. The van der Waals surface area contributed by atoms with Gasteiger partial charge in [-0.15, -0.1) is 11.3 Å². The lowest BCUT2D eigenvalue weighted by Crippen LogP contribution is -2.28. The van der Waals surface area contributed by atoms with E-state index in [0.29, 0.717) is 19.4 Å². The highest BCUT2D eigenvalue weighted by molar-refractivity contribution is 7.89. The van der Waals surface area contributed by atoms with E-state index in [1.165, 1.54) is 10.4 Å². The van der Waals surface area contributed by atoms with Crippen molar-refractivity contribution in [1.29, 1.82) is 0 Å². The Morgan fingerprint density at radius 2 is 2.00 bits per heavy atom. The number of benzene rings is 1. The average Bonchev–Trinajstić information content (AvgIpc) is 2.87. The van der Waals surface area contributed by atoms with Crippen LogP contribution in [0.2, 0.25) is 0 Å². The second-order valence-corrected chi connectivity index (χ2v) is 7.97. The number of rotatable bonds is 8. The Balaban J connectivity index is 1.84. The minimum Gasteiger partial charge on any atom is -0.249 e. The summed E-state index contributed by atoms with van der Waals surface area (Å²) in [6.45, 7) is 2.27. The third-order valence-corrected chi connectivity index (χ3v) is 5.60. The molecule has 0 amide bonds. The summed E-state index contributed by atoms with van der Waals surface area (Å²) in [6.07, 6.45) is 4.03. The van der Waals surface area contributed by atoms with E-state index in [1.54, 1.807) is 11.3 Å². The highest BCUT2D eigenvalue weighted by Gasteiger charge is 2.09. The van der Waals surface area contributed by atoms with Crippen LogP contribution in [-0.2, 0) is 22.9 Å². The molecule has 2 rings (SSSR count). The highest BCUT2D eigenvalue weighted by Crippen LogP contribution is 2.17. The van der Waals surface area contributed by atoms with Crippen LogP contribution < -0.4 is 4.72 Å². The first-order chi connectivity index (χ1) is 10.1. The van der Waals surface area contributed by atoms with E-state index in [2.05, 4.69) is 21.8 Å². The van der Waals surface area contributed by atoms with E-state index in [0.717, 1.165) is 11.4 Å². The highest BCUT2D eigenvalue weighted by atomic mass is 32.2. The van der Waals surface area contributed by atoms with Gasteiger partial charge in [0.1, 0.15) is 0 Å². The molecular weight excluding hydrogens is 304 g/mol. The molecule has 0 radical (unpaired) electrons. The molecule has 0 aliphatic rings. The summed E-state index contributed by atoms with van der Waals surface area (Å²) in [5.41, 5.74) is 1.26. The maximum atomic E-state index is 11.5. The van der Waals surface area contributed by atoms with E-state index >= 15 is 0 Å². The Bertz CT molecular complexity index is 651. The lowest BCUT2D eigenvalue weighted by Gasteiger charge is -2.03. The van der Waals surface area contributed by atoms with Crippen LogP contribution in [0.15, 0.2) is 36.5 Å². The van der Waals surface area contributed by atoms with Gasteiger partial charge in [0.15, 0.2) is 0 Å². The first-order valence-electron chi connectivity index (χ1n) is 7.04. The molecule has 0 spiro atoms. The van der Waals surface area contributed by atoms with Crippen molar-refractivity contribution < 1.29 is 8.42 Å². The van der Waals surface area contributed by atoms with Gasteiger partial charge in [0, 0.05) is 30.5 Å². The average molecular weight is 324 g/mol. The normalized spacial score (nSPS) is 11.7. The number of nitrogens with one attached hydrogen (secondary N) is 1. The molecule has 6 heteroatoms. The number of aromatic nitrogens is 1. The van der Waals surface area contributed by atoms with Gasteiger partial charge in [0.2, 0.25) is 10.0 Å². The fraction of sp³-hybridized carbons (Fsp3) is 0.400. The summed E-state index contributed by atoms with van der Waals surface area (Å²) >= 11 is 1.65. The van der Waals surface area contributed by atoms with Gasteiger partial charge in [0.05, 0.1) is 10.8 Å². The minimum absolute atomic E-state index is 0.185. The lowest BCUT2D eigenvalue weighted by molar-refractivity contribution is 0.580. The second kappa shape index (κ2) is 7.68. The van der Waals surface area contributed by atoms with Crippen LogP contribution in [0, 0.1) is 0 Å². The van der Waals surface area contributed by atoms with Gasteiger partial charge in [-0.25, -0.2) is 18.1 Å². The standard InChI is InChI=1S/C15H20N2O2S2/c1-2-10-21(18,19)17-9-8-15-16-12-14(20-15)11-13-6-4-3-5-7-13/h3-7,12,17H,2,8-11H2,1H3. The quantitative estimate of drug-likeness (QED) is 0.812. The summed E-state index contributed by atoms with van der Waals surface area (Å²) in [4.78, 5) is 5.56. The third kappa shape index (κ3) is 5.57. The van der Waals surface area contributed by atoms with Crippen LogP contribution in [0.5, 0.6) is 0 Å². The first-order valence-corrected chi connectivity index (χ1v) is 9.51. The third-order valence-electron chi connectivity index (χ3n) is 2.96. The van der Waals surface area contributed by atoms with Crippen LogP contribution in [0.1, 0.15) is 28.8 Å². The Kier molecular flexibility index (Phi) is 5.90. The van der Waals surface area contributed by atoms with E-state index in [4.69, 9.17) is 0 Å². The van der Waals surface area contributed by atoms with Gasteiger partial charge < -0.3 is 0 Å². The Morgan fingerprint density at radius 1 is 1.24 bits per heavy atom. The SMILES string of the molecule is CCCS(=O)(=O)NCCc1ncc(Cc2ccccc2)s1. The number of sulfonamides is 1. The second-order valence-electron chi connectivity index (χ2n) is 4.85. The van der Waals surface area contributed by atoms with Crippen molar-refractivity contribution in [2.45, 2.75) is 26.2 Å². The molecular formula is C15H20N2O2S2. The molecule has 0 bridgehead atoms. The topological polar surface area (TPSA) is 59.1 Å². The number of nitrogens with zero attached hydrogens (tertiary/aromatic N) is 1. The Labute approximate surface area is 130 Å². The molecule has 1 aromatic carbocycles. The molecule has 0 aliphatic carbocycles. The maximum Gasteiger partial charge on any atom is 0.211 e. The summed E-state index contributed by atoms with van der Waals surface area (Å²) in [5.74, 6) is 0.185. The van der Waals surface area contributed by atoms with Crippen molar-refractivity contribution in [3.63, 3.8) is 0 Å². The van der Waals surface area contributed by atoms with Crippen molar-refractivity contribution in [2.75, 3.05) is 12.3 Å². The van der Waals surface area contributed by atoms with E-state index in [-0.39, 0.29) is 5.75 Å². The van der Waals surface area contributed by atoms with Crippen LogP contribution >= 0.6 is 11.3 Å². The van der Waals surface area contributed by atoms with Gasteiger partial charge in [-0.05, 0) is 12.0 Å². The van der Waals surface area contributed by atoms with E-state index in [1.807, 2.05) is 31.3 Å². The molecule has 1 aromatic heterocycles.